The van der Waals surface area contributed by atoms with Crippen molar-refractivity contribution in [1.82, 2.24) is 5.43 Å². The van der Waals surface area contributed by atoms with Gasteiger partial charge < -0.3 is 19.0 Å². The Kier molecular flexibility index (Phi) is 3.95. The maximum absolute atomic E-state index is 5.82. The van der Waals surface area contributed by atoms with Crippen LogP contribution in [0, 0.1) is 5.92 Å². The van der Waals surface area contributed by atoms with Gasteiger partial charge in [0.25, 0.3) is 0 Å². The van der Waals surface area contributed by atoms with Crippen molar-refractivity contribution in [3.8, 4) is 5.75 Å². The molecule has 0 unspecified atom stereocenters. The molecule has 1 aromatic rings. The molecule has 2 fully saturated rings. The lowest BCUT2D eigenvalue weighted by Crippen LogP contribution is -2.49. The second-order valence-corrected chi connectivity index (χ2v) is 6.41. The van der Waals surface area contributed by atoms with E-state index < -0.39 is 6.29 Å². The summed E-state index contributed by atoms with van der Waals surface area (Å²) >= 11 is 5.04. The van der Waals surface area contributed by atoms with Crippen LogP contribution in [-0.2, 0) is 14.3 Å². The van der Waals surface area contributed by atoms with Crippen LogP contribution >= 0.6 is 12.2 Å². The first-order chi connectivity index (χ1) is 11.7. The molecule has 1 aromatic carbocycles. The zero-order valence-electron chi connectivity index (χ0n) is 13.3. The lowest BCUT2D eigenvalue weighted by molar-refractivity contribution is -0.0812. The molecule has 0 radical (unpaired) electrons. The summed E-state index contributed by atoms with van der Waals surface area (Å²) in [5.74, 6) is 0.656. The summed E-state index contributed by atoms with van der Waals surface area (Å²) < 4.78 is 16.7. The molecule has 1 N–H and O–H groups in total. The van der Waals surface area contributed by atoms with Crippen molar-refractivity contribution >= 4 is 28.6 Å². The number of benzene rings is 1. The summed E-state index contributed by atoms with van der Waals surface area (Å²) in [6.45, 7) is 2.23. The second-order valence-electron chi connectivity index (χ2n) is 5.80. The van der Waals surface area contributed by atoms with Crippen molar-refractivity contribution in [3.05, 3.63) is 29.8 Å². The van der Waals surface area contributed by atoms with Gasteiger partial charge in [-0.3, -0.25) is 5.43 Å². The number of hydrazone groups is 1. The van der Waals surface area contributed by atoms with Gasteiger partial charge in [0.2, 0.25) is 0 Å². The normalized spacial score (nSPS) is 32.1. The average Bonchev–Trinajstić information content (AvgIpc) is 3.21. The Morgan fingerprint density at radius 3 is 2.88 bits per heavy atom. The number of oxime groups is 1. The molecule has 3 aliphatic heterocycles. The van der Waals surface area contributed by atoms with E-state index in [0.717, 1.165) is 17.0 Å². The van der Waals surface area contributed by atoms with E-state index in [-0.39, 0.29) is 18.1 Å². The number of rotatable bonds is 3. The summed E-state index contributed by atoms with van der Waals surface area (Å²) in [4.78, 5) is 6.23. The predicted octanol–water partition coefficient (Wildman–Crippen LogP) is 1.46. The maximum atomic E-state index is 5.82. The fourth-order valence-corrected chi connectivity index (χ4v) is 3.18. The summed E-state index contributed by atoms with van der Waals surface area (Å²) in [5, 5.41) is 8.70. The molecule has 3 aliphatic rings. The Labute approximate surface area is 144 Å². The first-order valence-electron chi connectivity index (χ1n) is 7.66. The minimum atomic E-state index is -0.497. The molecule has 2 saturated heterocycles. The number of fused-ring (bicyclic) bond motifs is 4. The lowest BCUT2D eigenvalue weighted by Gasteiger charge is -2.30. The third-order valence-corrected chi connectivity index (χ3v) is 4.35. The van der Waals surface area contributed by atoms with Crippen molar-refractivity contribution in [2.24, 2.45) is 16.2 Å². The molecule has 7 nitrogen and oxygen atoms in total. The van der Waals surface area contributed by atoms with E-state index in [1.165, 1.54) is 0 Å². The van der Waals surface area contributed by atoms with Crippen LogP contribution < -0.4 is 10.2 Å². The van der Waals surface area contributed by atoms with Crippen LogP contribution in [0.15, 0.2) is 34.5 Å². The van der Waals surface area contributed by atoms with Crippen LogP contribution in [0.4, 0.5) is 0 Å². The lowest BCUT2D eigenvalue weighted by atomic mass is 9.84. The van der Waals surface area contributed by atoms with Gasteiger partial charge in [-0.05, 0) is 31.2 Å². The number of hydrogen-bond acceptors (Lipinski definition) is 7. The molecule has 2 bridgehead atoms. The fraction of sp³-hybridized carbons (Fsp3) is 0.438. The highest BCUT2D eigenvalue weighted by atomic mass is 32.1. The largest absolute Gasteiger partial charge is 0.497 e. The van der Waals surface area contributed by atoms with E-state index in [2.05, 4.69) is 15.7 Å². The Bertz CT molecular complexity index is 719. The molecule has 0 saturated carbocycles. The SMILES string of the molecule is COc1ccc(C2=NO[C@@H]3[C@@H]4CO[C@@H](O4)/C(=N/NC(C)=S)[C@H]23)cc1. The molecule has 126 valence electrons. The molecule has 8 heteroatoms. The second kappa shape index (κ2) is 6.12. The van der Waals surface area contributed by atoms with Gasteiger partial charge >= 0.3 is 0 Å². The summed E-state index contributed by atoms with van der Waals surface area (Å²) in [6, 6.07) is 7.70. The standard InChI is InChI=1S/C16H17N3O4S/c1-8(24)17-18-14-12-13(9-3-5-10(20-2)6-4-9)19-23-15(12)11-7-21-16(14)22-11/h3-6,11-12,15-16H,7H2,1-2H3,(H,17,24)/b18-14+/t11-,12-,15+,16-/m0/s1. The van der Waals surface area contributed by atoms with Crippen LogP contribution in [0.1, 0.15) is 12.5 Å². The smallest absolute Gasteiger partial charge is 0.200 e. The summed E-state index contributed by atoms with van der Waals surface area (Å²) in [5.41, 5.74) is 5.30. The number of thiocarbonyl (C=S) groups is 1. The molecule has 0 aromatic heterocycles. The summed E-state index contributed by atoms with van der Waals surface area (Å²) in [7, 11) is 1.64. The van der Waals surface area contributed by atoms with Crippen LogP contribution in [0.5, 0.6) is 5.75 Å². The van der Waals surface area contributed by atoms with Crippen molar-refractivity contribution in [2.45, 2.75) is 25.4 Å². The minimum absolute atomic E-state index is 0.133. The molecule has 4 rings (SSSR count). The molecule has 4 atom stereocenters. The summed E-state index contributed by atoms with van der Waals surface area (Å²) in [6.07, 6.45) is -0.887. The highest BCUT2D eigenvalue weighted by molar-refractivity contribution is 7.80. The van der Waals surface area contributed by atoms with Gasteiger partial charge in [0.1, 0.15) is 17.6 Å². The Morgan fingerprint density at radius 1 is 1.38 bits per heavy atom. The molecule has 0 aliphatic carbocycles. The van der Waals surface area contributed by atoms with Crippen LogP contribution in [0.3, 0.4) is 0 Å². The number of nitrogens with zero attached hydrogens (tertiary/aromatic N) is 2. The zero-order chi connectivity index (χ0) is 16.7. The average molecular weight is 347 g/mol. The topological polar surface area (TPSA) is 73.7 Å². The monoisotopic (exact) mass is 347 g/mol. The quantitative estimate of drug-likeness (QED) is 0.659. The van der Waals surface area contributed by atoms with E-state index in [4.69, 9.17) is 31.3 Å². The number of nitrogens with one attached hydrogen (secondary N) is 1. The highest BCUT2D eigenvalue weighted by Gasteiger charge is 2.55. The maximum Gasteiger partial charge on any atom is 0.200 e. The number of hydrogen-bond donors (Lipinski definition) is 1. The van der Waals surface area contributed by atoms with Gasteiger partial charge in [-0.2, -0.15) is 5.10 Å². The Morgan fingerprint density at radius 2 is 2.17 bits per heavy atom. The predicted molar refractivity (Wildman–Crippen MR) is 91.3 cm³/mol. The highest BCUT2D eigenvalue weighted by Crippen LogP contribution is 2.38. The van der Waals surface area contributed by atoms with Crippen LogP contribution in [0.25, 0.3) is 0 Å². The molecular formula is C16H17N3O4S. The Hall–Kier alpha value is -2.03. The van der Waals surface area contributed by atoms with Gasteiger partial charge in [-0.25, -0.2) is 0 Å². The third-order valence-electron chi connectivity index (χ3n) is 4.26. The van der Waals surface area contributed by atoms with Crippen molar-refractivity contribution in [3.63, 3.8) is 0 Å². The number of methoxy groups -OCH3 is 1. The van der Waals surface area contributed by atoms with Gasteiger partial charge in [0.15, 0.2) is 12.4 Å². The van der Waals surface area contributed by atoms with E-state index in [9.17, 15) is 0 Å². The van der Waals surface area contributed by atoms with E-state index in [1.807, 2.05) is 24.3 Å². The molecule has 0 amide bonds. The third kappa shape index (κ3) is 2.56. The first kappa shape index (κ1) is 15.5. The number of ether oxygens (including phenoxy) is 3. The van der Waals surface area contributed by atoms with E-state index >= 15 is 0 Å². The van der Waals surface area contributed by atoms with Gasteiger partial charge in [-0.15, -0.1) is 0 Å². The molecule has 24 heavy (non-hydrogen) atoms. The van der Waals surface area contributed by atoms with Crippen molar-refractivity contribution in [2.75, 3.05) is 13.7 Å². The first-order valence-corrected chi connectivity index (χ1v) is 8.07. The molecular weight excluding hydrogens is 330 g/mol. The molecule has 0 spiro atoms. The van der Waals surface area contributed by atoms with Gasteiger partial charge in [0, 0.05) is 5.56 Å². The van der Waals surface area contributed by atoms with Crippen LogP contribution in [-0.4, -0.2) is 48.6 Å². The van der Waals surface area contributed by atoms with Gasteiger partial charge in [0.05, 0.1) is 30.3 Å². The Balaban J connectivity index is 1.69. The van der Waals surface area contributed by atoms with Crippen LogP contribution in [0.2, 0.25) is 0 Å². The van der Waals surface area contributed by atoms with Crippen molar-refractivity contribution < 1.29 is 19.0 Å². The zero-order valence-corrected chi connectivity index (χ0v) is 14.1. The fourth-order valence-electron chi connectivity index (χ4n) is 3.13. The van der Waals surface area contributed by atoms with Gasteiger partial charge in [-0.1, -0.05) is 17.4 Å². The van der Waals surface area contributed by atoms with Crippen molar-refractivity contribution in [1.29, 1.82) is 0 Å². The molecule has 3 heterocycles. The minimum Gasteiger partial charge on any atom is -0.497 e. The van der Waals surface area contributed by atoms with E-state index in [0.29, 0.717) is 17.3 Å². The van der Waals surface area contributed by atoms with E-state index in [1.54, 1.807) is 14.0 Å².